The Balaban J connectivity index is 1.58. The van der Waals surface area contributed by atoms with Crippen molar-refractivity contribution in [3.8, 4) is 17.0 Å². The topological polar surface area (TPSA) is 68.7 Å². The molecule has 1 aromatic carbocycles. The standard InChI is InChI=1S/C19H18N2O4/c1-23-14-6-2-5-13(11-14)15-12-18(25-20-15)19(22)21-9-3-7-16(21)17-8-4-10-24-17/h2,4-6,8,10-12,16H,3,7,9H2,1H3/t16-/m1/s1. The minimum absolute atomic E-state index is 0.0483. The molecular formula is C19H18N2O4. The highest BCUT2D eigenvalue weighted by atomic mass is 16.5. The Morgan fingerprint density at radius 1 is 1.28 bits per heavy atom. The third-order valence-corrected chi connectivity index (χ3v) is 4.47. The van der Waals surface area contributed by atoms with Crippen molar-refractivity contribution in [2.24, 2.45) is 0 Å². The molecule has 0 spiro atoms. The molecule has 0 N–H and O–H groups in total. The Kier molecular flexibility index (Phi) is 4.01. The maximum Gasteiger partial charge on any atom is 0.293 e. The Hall–Kier alpha value is -3.02. The zero-order valence-electron chi connectivity index (χ0n) is 13.8. The second-order valence-corrected chi connectivity index (χ2v) is 5.98. The van der Waals surface area contributed by atoms with Crippen LogP contribution in [0.4, 0.5) is 0 Å². The predicted octanol–water partition coefficient (Wildman–Crippen LogP) is 3.92. The fourth-order valence-corrected chi connectivity index (χ4v) is 3.22. The number of methoxy groups -OCH3 is 1. The average Bonchev–Trinajstić information content (AvgIpc) is 3.41. The van der Waals surface area contributed by atoms with E-state index in [-0.39, 0.29) is 17.7 Å². The number of carbonyl (C=O) groups is 1. The van der Waals surface area contributed by atoms with Crippen molar-refractivity contribution in [2.75, 3.05) is 13.7 Å². The number of amides is 1. The van der Waals surface area contributed by atoms with E-state index < -0.39 is 0 Å². The van der Waals surface area contributed by atoms with Gasteiger partial charge < -0.3 is 18.6 Å². The molecule has 1 amide bonds. The van der Waals surface area contributed by atoms with Gasteiger partial charge in [-0.3, -0.25) is 4.79 Å². The van der Waals surface area contributed by atoms with Crippen molar-refractivity contribution >= 4 is 5.91 Å². The molecule has 0 aliphatic carbocycles. The van der Waals surface area contributed by atoms with Gasteiger partial charge in [0, 0.05) is 18.2 Å². The van der Waals surface area contributed by atoms with E-state index in [4.69, 9.17) is 13.7 Å². The van der Waals surface area contributed by atoms with Gasteiger partial charge in [0.2, 0.25) is 5.76 Å². The third-order valence-electron chi connectivity index (χ3n) is 4.47. The Bertz CT molecular complexity index is 869. The summed E-state index contributed by atoms with van der Waals surface area (Å²) in [6.07, 6.45) is 3.45. The Morgan fingerprint density at radius 3 is 3.00 bits per heavy atom. The van der Waals surface area contributed by atoms with E-state index in [1.165, 1.54) is 0 Å². The van der Waals surface area contributed by atoms with Crippen LogP contribution in [0.15, 0.2) is 57.7 Å². The largest absolute Gasteiger partial charge is 0.497 e. The van der Waals surface area contributed by atoms with Gasteiger partial charge in [-0.1, -0.05) is 17.3 Å². The molecule has 0 unspecified atom stereocenters. The SMILES string of the molecule is COc1cccc(-c2cc(C(=O)N3CCC[C@@H]3c3ccco3)on2)c1. The zero-order chi connectivity index (χ0) is 17.2. The average molecular weight is 338 g/mol. The molecule has 1 saturated heterocycles. The summed E-state index contributed by atoms with van der Waals surface area (Å²) in [6, 6.07) is 12.8. The van der Waals surface area contributed by atoms with E-state index in [0.29, 0.717) is 12.2 Å². The summed E-state index contributed by atoms with van der Waals surface area (Å²) in [5.74, 6) is 1.60. The number of likely N-dealkylation sites (tertiary alicyclic amines) is 1. The molecule has 1 fully saturated rings. The van der Waals surface area contributed by atoms with Crippen LogP contribution in [0.1, 0.15) is 35.2 Å². The fourth-order valence-electron chi connectivity index (χ4n) is 3.22. The van der Waals surface area contributed by atoms with Gasteiger partial charge in [0.25, 0.3) is 5.91 Å². The molecule has 6 heteroatoms. The van der Waals surface area contributed by atoms with Gasteiger partial charge in [0.1, 0.15) is 17.2 Å². The van der Waals surface area contributed by atoms with Crippen molar-refractivity contribution in [3.05, 3.63) is 60.2 Å². The maximum absolute atomic E-state index is 12.8. The van der Waals surface area contributed by atoms with Crippen molar-refractivity contribution in [1.82, 2.24) is 10.1 Å². The molecule has 0 saturated carbocycles. The van der Waals surface area contributed by atoms with Gasteiger partial charge in [-0.15, -0.1) is 0 Å². The smallest absolute Gasteiger partial charge is 0.293 e. The highest BCUT2D eigenvalue weighted by Gasteiger charge is 2.34. The number of hydrogen-bond acceptors (Lipinski definition) is 5. The molecule has 1 aliphatic heterocycles. The molecule has 0 radical (unpaired) electrons. The number of ether oxygens (including phenoxy) is 1. The first-order chi connectivity index (χ1) is 12.3. The van der Waals surface area contributed by atoms with E-state index >= 15 is 0 Å². The molecule has 2 aromatic heterocycles. The normalized spacial score (nSPS) is 17.0. The van der Waals surface area contributed by atoms with E-state index in [0.717, 1.165) is 29.9 Å². The maximum atomic E-state index is 12.8. The number of aromatic nitrogens is 1. The van der Waals surface area contributed by atoms with Crippen LogP contribution in [0, 0.1) is 0 Å². The summed E-state index contributed by atoms with van der Waals surface area (Å²) in [5, 5.41) is 4.04. The third kappa shape index (κ3) is 2.91. The van der Waals surface area contributed by atoms with Gasteiger partial charge in [0.05, 0.1) is 19.4 Å². The monoisotopic (exact) mass is 338 g/mol. The number of furan rings is 1. The first kappa shape index (κ1) is 15.5. The molecular weight excluding hydrogens is 320 g/mol. The van der Waals surface area contributed by atoms with Crippen LogP contribution >= 0.6 is 0 Å². The molecule has 1 atom stereocenters. The van der Waals surface area contributed by atoms with Gasteiger partial charge in [0.15, 0.2) is 0 Å². The molecule has 0 bridgehead atoms. The molecule has 1 aliphatic rings. The van der Waals surface area contributed by atoms with E-state index in [9.17, 15) is 4.79 Å². The molecule has 3 heterocycles. The molecule has 4 rings (SSSR count). The minimum Gasteiger partial charge on any atom is -0.497 e. The molecule has 25 heavy (non-hydrogen) atoms. The molecule has 3 aromatic rings. The van der Waals surface area contributed by atoms with Crippen LogP contribution in [0.25, 0.3) is 11.3 Å². The number of rotatable bonds is 4. The second kappa shape index (κ2) is 6.47. The predicted molar refractivity (Wildman–Crippen MR) is 90.2 cm³/mol. The lowest BCUT2D eigenvalue weighted by Crippen LogP contribution is -2.30. The molecule has 128 valence electrons. The second-order valence-electron chi connectivity index (χ2n) is 5.98. The first-order valence-corrected chi connectivity index (χ1v) is 8.22. The summed E-state index contributed by atoms with van der Waals surface area (Å²) >= 11 is 0. The summed E-state index contributed by atoms with van der Waals surface area (Å²) in [6.45, 7) is 0.680. The van der Waals surface area contributed by atoms with Crippen molar-refractivity contribution < 1.29 is 18.5 Å². The minimum atomic E-state index is -0.166. The summed E-state index contributed by atoms with van der Waals surface area (Å²) in [4.78, 5) is 14.6. The van der Waals surface area contributed by atoms with Crippen molar-refractivity contribution in [3.63, 3.8) is 0 Å². The van der Waals surface area contributed by atoms with Crippen LogP contribution in [0.3, 0.4) is 0 Å². The summed E-state index contributed by atoms with van der Waals surface area (Å²) < 4.78 is 16.0. The number of hydrogen-bond donors (Lipinski definition) is 0. The van der Waals surface area contributed by atoms with E-state index in [1.807, 2.05) is 36.4 Å². The quantitative estimate of drug-likeness (QED) is 0.721. The zero-order valence-corrected chi connectivity index (χ0v) is 13.8. The van der Waals surface area contributed by atoms with Gasteiger partial charge in [-0.2, -0.15) is 0 Å². The van der Waals surface area contributed by atoms with Gasteiger partial charge in [-0.25, -0.2) is 0 Å². The van der Waals surface area contributed by atoms with E-state index in [1.54, 1.807) is 24.3 Å². The van der Waals surface area contributed by atoms with Gasteiger partial charge in [-0.05, 0) is 37.1 Å². The van der Waals surface area contributed by atoms with Crippen LogP contribution in [-0.2, 0) is 0 Å². The van der Waals surface area contributed by atoms with Crippen LogP contribution in [-0.4, -0.2) is 29.6 Å². The van der Waals surface area contributed by atoms with Gasteiger partial charge >= 0.3 is 0 Å². The number of carbonyl (C=O) groups excluding carboxylic acids is 1. The highest BCUT2D eigenvalue weighted by Crippen LogP contribution is 2.34. The fraction of sp³-hybridized carbons (Fsp3) is 0.263. The highest BCUT2D eigenvalue weighted by molar-refractivity contribution is 5.93. The van der Waals surface area contributed by atoms with Crippen LogP contribution < -0.4 is 4.74 Å². The Morgan fingerprint density at radius 2 is 2.20 bits per heavy atom. The number of nitrogens with zero attached hydrogens (tertiary/aromatic N) is 2. The summed E-state index contributed by atoms with van der Waals surface area (Å²) in [5.41, 5.74) is 1.45. The summed E-state index contributed by atoms with van der Waals surface area (Å²) in [7, 11) is 1.61. The van der Waals surface area contributed by atoms with E-state index in [2.05, 4.69) is 5.16 Å². The van der Waals surface area contributed by atoms with Crippen LogP contribution in [0.5, 0.6) is 5.75 Å². The van der Waals surface area contributed by atoms with Crippen molar-refractivity contribution in [1.29, 1.82) is 0 Å². The lowest BCUT2D eigenvalue weighted by Gasteiger charge is -2.21. The lowest BCUT2D eigenvalue weighted by molar-refractivity contribution is 0.0677. The molecule has 6 nitrogen and oxygen atoms in total. The Labute approximate surface area is 145 Å². The first-order valence-electron chi connectivity index (χ1n) is 8.22. The van der Waals surface area contributed by atoms with Crippen LogP contribution in [0.2, 0.25) is 0 Å². The number of benzene rings is 1. The van der Waals surface area contributed by atoms with Crippen molar-refractivity contribution in [2.45, 2.75) is 18.9 Å². The lowest BCUT2D eigenvalue weighted by atomic mass is 10.1.